The largest absolute Gasteiger partial charge is 0.411 e. The van der Waals surface area contributed by atoms with Crippen molar-refractivity contribution in [3.8, 4) is 0 Å². The lowest BCUT2D eigenvalue weighted by molar-refractivity contribution is -0.173. The molecule has 18 heavy (non-hydrogen) atoms. The predicted molar refractivity (Wildman–Crippen MR) is 62.3 cm³/mol. The Morgan fingerprint density at radius 1 is 1.28 bits per heavy atom. The number of ether oxygens (including phenoxy) is 1. The van der Waals surface area contributed by atoms with Crippen LogP contribution in [0.5, 0.6) is 0 Å². The van der Waals surface area contributed by atoms with E-state index in [0.29, 0.717) is 18.9 Å². The normalized spacial score (nSPS) is 25.3. The topological polar surface area (TPSA) is 41.5 Å². The molecule has 0 spiro atoms. The zero-order chi connectivity index (χ0) is 13.4. The second-order valence-corrected chi connectivity index (χ2v) is 4.91. The highest BCUT2D eigenvalue weighted by Gasteiger charge is 2.27. The molecule has 0 heterocycles. The maximum absolute atomic E-state index is 11.7. The average Bonchev–Trinajstić information content (AvgIpc) is 2.26. The van der Waals surface area contributed by atoms with Crippen molar-refractivity contribution in [3.63, 3.8) is 0 Å². The zero-order valence-corrected chi connectivity index (χ0v) is 10.5. The fourth-order valence-corrected chi connectivity index (χ4v) is 2.24. The molecule has 0 aromatic carbocycles. The number of hydrogen-bond acceptors (Lipinski definition) is 3. The van der Waals surface area contributed by atoms with Crippen LogP contribution in [0.15, 0.2) is 0 Å². The molecule has 1 fully saturated rings. The Labute approximate surface area is 106 Å². The fourth-order valence-electron chi connectivity index (χ4n) is 2.24. The van der Waals surface area contributed by atoms with Gasteiger partial charge in [0.25, 0.3) is 0 Å². The minimum atomic E-state index is -4.23. The van der Waals surface area contributed by atoms with E-state index >= 15 is 0 Å². The molecule has 0 saturated heterocycles. The van der Waals surface area contributed by atoms with E-state index in [2.05, 4.69) is 10.1 Å². The number of nitrogens with one attached hydrogen (secondary N) is 1. The number of alkyl halides is 3. The molecule has 0 bridgehead atoms. The number of aliphatic hydroxyl groups is 1. The van der Waals surface area contributed by atoms with Crippen LogP contribution in [-0.4, -0.2) is 43.7 Å². The van der Waals surface area contributed by atoms with Crippen molar-refractivity contribution >= 4 is 0 Å². The van der Waals surface area contributed by atoms with Crippen molar-refractivity contribution < 1.29 is 23.0 Å². The van der Waals surface area contributed by atoms with Gasteiger partial charge in [0, 0.05) is 6.61 Å². The van der Waals surface area contributed by atoms with E-state index in [0.717, 1.165) is 32.2 Å². The molecular weight excluding hydrogens is 247 g/mol. The molecule has 1 rings (SSSR count). The van der Waals surface area contributed by atoms with Crippen molar-refractivity contribution in [3.05, 3.63) is 0 Å². The van der Waals surface area contributed by atoms with Crippen molar-refractivity contribution in [2.45, 2.75) is 44.4 Å². The highest BCUT2D eigenvalue weighted by atomic mass is 19.4. The second-order valence-electron chi connectivity index (χ2n) is 4.91. The lowest BCUT2D eigenvalue weighted by Crippen LogP contribution is -2.30. The lowest BCUT2D eigenvalue weighted by Gasteiger charge is -2.25. The standard InChI is InChI=1S/C12H22F3NO2/c13-12(14,15)9-18-6-2-5-16-8-10-3-1-4-11(17)7-10/h10-11,16-17H,1-9H2. The van der Waals surface area contributed by atoms with Crippen LogP contribution >= 0.6 is 0 Å². The summed E-state index contributed by atoms with van der Waals surface area (Å²) in [6, 6.07) is 0. The van der Waals surface area contributed by atoms with Crippen LogP contribution in [0.25, 0.3) is 0 Å². The molecule has 0 aliphatic heterocycles. The third-order valence-electron chi connectivity index (χ3n) is 3.10. The molecule has 2 N–H and O–H groups in total. The minimum Gasteiger partial charge on any atom is -0.393 e. The summed E-state index contributed by atoms with van der Waals surface area (Å²) in [7, 11) is 0. The highest BCUT2D eigenvalue weighted by Crippen LogP contribution is 2.23. The van der Waals surface area contributed by atoms with Gasteiger partial charge in [-0.1, -0.05) is 6.42 Å². The average molecular weight is 269 g/mol. The van der Waals surface area contributed by atoms with Crippen LogP contribution in [-0.2, 0) is 4.74 Å². The summed E-state index contributed by atoms with van der Waals surface area (Å²) in [5.74, 6) is 0.491. The molecular formula is C12H22F3NO2. The summed E-state index contributed by atoms with van der Waals surface area (Å²) in [5, 5.41) is 12.7. The number of aliphatic hydroxyl groups excluding tert-OH is 1. The summed E-state index contributed by atoms with van der Waals surface area (Å²) < 4.78 is 39.7. The Balaban J connectivity index is 1.89. The molecule has 1 aliphatic rings. The van der Waals surface area contributed by atoms with Gasteiger partial charge in [-0.25, -0.2) is 0 Å². The Hall–Kier alpha value is -0.330. The van der Waals surface area contributed by atoms with Crippen molar-refractivity contribution in [1.29, 1.82) is 0 Å². The minimum absolute atomic E-state index is 0.125. The number of halogens is 3. The second kappa shape index (κ2) is 7.96. The first-order valence-electron chi connectivity index (χ1n) is 6.50. The molecule has 0 radical (unpaired) electrons. The van der Waals surface area contributed by atoms with Gasteiger partial charge in [-0.05, 0) is 44.7 Å². The quantitative estimate of drug-likeness (QED) is 0.695. The highest BCUT2D eigenvalue weighted by molar-refractivity contribution is 4.73. The van der Waals surface area contributed by atoms with Crippen LogP contribution in [0.3, 0.4) is 0 Å². The van der Waals surface area contributed by atoms with Crippen LogP contribution < -0.4 is 5.32 Å². The van der Waals surface area contributed by atoms with Gasteiger partial charge in [-0.15, -0.1) is 0 Å². The van der Waals surface area contributed by atoms with Gasteiger partial charge in [-0.2, -0.15) is 13.2 Å². The monoisotopic (exact) mass is 269 g/mol. The number of rotatable bonds is 7. The summed E-state index contributed by atoms with van der Waals surface area (Å²) >= 11 is 0. The van der Waals surface area contributed by atoms with E-state index < -0.39 is 12.8 Å². The van der Waals surface area contributed by atoms with Gasteiger partial charge in [0.15, 0.2) is 0 Å². The fraction of sp³-hybridized carbons (Fsp3) is 1.00. The maximum atomic E-state index is 11.7. The van der Waals surface area contributed by atoms with Crippen LogP contribution in [0.4, 0.5) is 13.2 Å². The van der Waals surface area contributed by atoms with Gasteiger partial charge in [0.1, 0.15) is 6.61 Å². The van der Waals surface area contributed by atoms with E-state index in [1.165, 1.54) is 0 Å². The first kappa shape index (κ1) is 15.7. The van der Waals surface area contributed by atoms with E-state index in [9.17, 15) is 18.3 Å². The molecule has 1 aliphatic carbocycles. The summed E-state index contributed by atoms with van der Waals surface area (Å²) in [6.45, 7) is 0.447. The Kier molecular flexibility index (Phi) is 6.96. The van der Waals surface area contributed by atoms with E-state index in [-0.39, 0.29) is 12.7 Å². The Morgan fingerprint density at radius 3 is 2.72 bits per heavy atom. The van der Waals surface area contributed by atoms with Crippen LogP contribution in [0, 0.1) is 5.92 Å². The van der Waals surface area contributed by atoms with Gasteiger partial charge >= 0.3 is 6.18 Å². The first-order chi connectivity index (χ1) is 8.47. The molecule has 6 heteroatoms. The van der Waals surface area contributed by atoms with E-state index in [4.69, 9.17) is 0 Å². The van der Waals surface area contributed by atoms with Crippen molar-refractivity contribution in [2.75, 3.05) is 26.3 Å². The lowest BCUT2D eigenvalue weighted by atomic mass is 9.87. The summed E-state index contributed by atoms with van der Waals surface area (Å²) in [4.78, 5) is 0. The molecule has 108 valence electrons. The Morgan fingerprint density at radius 2 is 2.06 bits per heavy atom. The summed E-state index contributed by atoms with van der Waals surface area (Å²) in [6.07, 6.45) is 0.0633. The first-order valence-corrected chi connectivity index (χ1v) is 6.50. The molecule has 0 aromatic rings. The van der Waals surface area contributed by atoms with Gasteiger partial charge in [-0.3, -0.25) is 0 Å². The molecule has 0 amide bonds. The third kappa shape index (κ3) is 7.89. The Bertz CT molecular complexity index is 224. The molecule has 2 atom stereocenters. The van der Waals surface area contributed by atoms with Crippen molar-refractivity contribution in [1.82, 2.24) is 5.32 Å². The molecule has 2 unspecified atom stereocenters. The number of hydrogen-bond donors (Lipinski definition) is 2. The predicted octanol–water partition coefficient (Wildman–Crippen LogP) is 2.10. The third-order valence-corrected chi connectivity index (χ3v) is 3.10. The SMILES string of the molecule is OC1CCCC(CNCCCOCC(F)(F)F)C1. The zero-order valence-electron chi connectivity index (χ0n) is 10.5. The smallest absolute Gasteiger partial charge is 0.393 e. The van der Waals surface area contributed by atoms with Gasteiger partial charge < -0.3 is 15.2 Å². The van der Waals surface area contributed by atoms with Crippen molar-refractivity contribution in [2.24, 2.45) is 5.92 Å². The summed E-state index contributed by atoms with van der Waals surface area (Å²) in [5.41, 5.74) is 0. The maximum Gasteiger partial charge on any atom is 0.411 e. The van der Waals surface area contributed by atoms with E-state index in [1.54, 1.807) is 0 Å². The molecule has 3 nitrogen and oxygen atoms in total. The van der Waals surface area contributed by atoms with E-state index in [1.807, 2.05) is 0 Å². The van der Waals surface area contributed by atoms with Crippen LogP contribution in [0.2, 0.25) is 0 Å². The van der Waals surface area contributed by atoms with Crippen LogP contribution in [0.1, 0.15) is 32.1 Å². The van der Waals surface area contributed by atoms with Gasteiger partial charge in [0.2, 0.25) is 0 Å². The molecule has 1 saturated carbocycles. The molecule has 0 aromatic heterocycles. The van der Waals surface area contributed by atoms with Gasteiger partial charge in [0.05, 0.1) is 6.10 Å².